The zero-order valence-electron chi connectivity index (χ0n) is 13.0. The van der Waals surface area contributed by atoms with Gasteiger partial charge in [-0.25, -0.2) is 9.97 Å². The number of carbonyl (C=O) groups excluding carboxylic acids is 1. The monoisotopic (exact) mass is 300 g/mol. The van der Waals surface area contributed by atoms with Gasteiger partial charge in [0.15, 0.2) is 5.82 Å². The predicted molar refractivity (Wildman–Crippen MR) is 83.0 cm³/mol. The summed E-state index contributed by atoms with van der Waals surface area (Å²) in [6, 6.07) is 1.93. The zero-order valence-corrected chi connectivity index (χ0v) is 13.0. The average Bonchev–Trinajstić information content (AvgIpc) is 3.31. The van der Waals surface area contributed by atoms with Crippen LogP contribution in [0, 0.1) is 11.8 Å². The molecular formula is C17H24N4O. The number of aromatic nitrogens is 2. The zero-order chi connectivity index (χ0) is 14.9. The Morgan fingerprint density at radius 3 is 2.64 bits per heavy atom. The summed E-state index contributed by atoms with van der Waals surface area (Å²) in [5.41, 5.74) is 0. The van der Waals surface area contributed by atoms with E-state index in [1.165, 1.54) is 25.9 Å². The van der Waals surface area contributed by atoms with E-state index in [0.717, 1.165) is 44.1 Å². The molecule has 1 unspecified atom stereocenters. The Morgan fingerprint density at radius 2 is 1.95 bits per heavy atom. The predicted octanol–water partition coefficient (Wildman–Crippen LogP) is 1.87. The van der Waals surface area contributed by atoms with Crippen LogP contribution in [0.5, 0.6) is 0 Å². The van der Waals surface area contributed by atoms with Crippen LogP contribution >= 0.6 is 0 Å². The first kappa shape index (κ1) is 14.1. The van der Waals surface area contributed by atoms with Crippen molar-refractivity contribution >= 4 is 5.91 Å². The Balaban J connectivity index is 1.38. The molecule has 2 aliphatic heterocycles. The summed E-state index contributed by atoms with van der Waals surface area (Å²) < 4.78 is 0. The first-order chi connectivity index (χ1) is 10.8. The van der Waals surface area contributed by atoms with Crippen LogP contribution in [0.25, 0.3) is 0 Å². The van der Waals surface area contributed by atoms with E-state index in [4.69, 9.17) is 0 Å². The van der Waals surface area contributed by atoms with Crippen LogP contribution in [0.15, 0.2) is 18.5 Å². The Morgan fingerprint density at radius 1 is 1.14 bits per heavy atom. The van der Waals surface area contributed by atoms with Crippen LogP contribution in [-0.4, -0.2) is 51.9 Å². The van der Waals surface area contributed by atoms with Crippen molar-refractivity contribution in [3.05, 3.63) is 24.3 Å². The van der Waals surface area contributed by atoms with Crippen molar-refractivity contribution in [2.24, 2.45) is 11.8 Å². The van der Waals surface area contributed by atoms with Gasteiger partial charge in [-0.2, -0.15) is 0 Å². The molecule has 22 heavy (non-hydrogen) atoms. The van der Waals surface area contributed by atoms with E-state index in [1.54, 1.807) is 12.4 Å². The van der Waals surface area contributed by atoms with Gasteiger partial charge in [0.05, 0.1) is 12.0 Å². The van der Waals surface area contributed by atoms with Crippen molar-refractivity contribution in [3.63, 3.8) is 0 Å². The van der Waals surface area contributed by atoms with Crippen molar-refractivity contribution in [3.8, 4) is 0 Å². The molecule has 3 fully saturated rings. The van der Waals surface area contributed by atoms with E-state index in [0.29, 0.717) is 5.91 Å². The van der Waals surface area contributed by atoms with E-state index < -0.39 is 0 Å². The molecule has 0 bridgehead atoms. The maximum atomic E-state index is 12.9. The fraction of sp³-hybridized carbons (Fsp3) is 0.706. The molecule has 3 heterocycles. The minimum absolute atomic E-state index is 0.104. The van der Waals surface area contributed by atoms with E-state index in [9.17, 15) is 4.79 Å². The minimum atomic E-state index is 0.104. The number of rotatable bonds is 4. The molecule has 0 aromatic carbocycles. The second kappa shape index (κ2) is 5.95. The summed E-state index contributed by atoms with van der Waals surface area (Å²) in [4.78, 5) is 26.0. The van der Waals surface area contributed by atoms with Gasteiger partial charge in [0.2, 0.25) is 5.91 Å². The molecule has 4 rings (SSSR count). The van der Waals surface area contributed by atoms with Gasteiger partial charge in [0.25, 0.3) is 0 Å². The number of nitrogens with zero attached hydrogens (tertiary/aromatic N) is 4. The lowest BCUT2D eigenvalue weighted by molar-refractivity contribution is -0.146. The quantitative estimate of drug-likeness (QED) is 0.852. The fourth-order valence-electron chi connectivity index (χ4n) is 3.73. The molecule has 1 saturated carbocycles. The van der Waals surface area contributed by atoms with Gasteiger partial charge >= 0.3 is 0 Å². The third-order valence-electron chi connectivity index (χ3n) is 5.25. The number of amides is 1. The van der Waals surface area contributed by atoms with Gasteiger partial charge in [-0.15, -0.1) is 0 Å². The average molecular weight is 300 g/mol. The fourth-order valence-corrected chi connectivity index (χ4v) is 3.73. The summed E-state index contributed by atoms with van der Waals surface area (Å²) in [6.07, 6.45) is 9.49. The molecule has 0 radical (unpaired) electrons. The van der Waals surface area contributed by atoms with E-state index in [2.05, 4.69) is 14.9 Å². The van der Waals surface area contributed by atoms with E-state index >= 15 is 0 Å². The van der Waals surface area contributed by atoms with Crippen LogP contribution in [0.3, 0.4) is 0 Å². The maximum Gasteiger partial charge on any atom is 0.227 e. The Hall–Kier alpha value is -1.49. The normalized spacial score (nSPS) is 29.2. The molecule has 3 aliphatic rings. The van der Waals surface area contributed by atoms with Gasteiger partial charge in [0, 0.05) is 32.0 Å². The van der Waals surface area contributed by atoms with E-state index in [1.807, 2.05) is 11.0 Å². The number of hydrogen-bond donors (Lipinski definition) is 0. The highest BCUT2D eigenvalue weighted by molar-refractivity contribution is 5.80. The van der Waals surface area contributed by atoms with Crippen LogP contribution < -0.4 is 0 Å². The molecule has 0 spiro atoms. The van der Waals surface area contributed by atoms with Crippen molar-refractivity contribution < 1.29 is 4.79 Å². The second-order valence-electron chi connectivity index (χ2n) is 6.99. The van der Waals surface area contributed by atoms with Crippen molar-refractivity contribution in [2.75, 3.05) is 26.2 Å². The summed E-state index contributed by atoms with van der Waals surface area (Å²) in [6.45, 7) is 4.19. The molecule has 0 N–H and O–H groups in total. The van der Waals surface area contributed by atoms with Gasteiger partial charge in [-0.1, -0.05) is 0 Å². The molecule has 5 heteroatoms. The van der Waals surface area contributed by atoms with Gasteiger partial charge in [-0.3, -0.25) is 4.79 Å². The molecule has 118 valence electrons. The third kappa shape index (κ3) is 2.86. The van der Waals surface area contributed by atoms with Crippen molar-refractivity contribution in [1.82, 2.24) is 19.8 Å². The Bertz CT molecular complexity index is 531. The lowest BCUT2D eigenvalue weighted by atomic mass is 9.92. The van der Waals surface area contributed by atoms with Crippen LogP contribution in [0.2, 0.25) is 0 Å². The first-order valence-electron chi connectivity index (χ1n) is 8.61. The molecule has 2 saturated heterocycles. The Kier molecular flexibility index (Phi) is 3.82. The SMILES string of the molecule is O=C(C1CCCN(CC2CC2)C1)N1CC[C@H]1c1ncccn1. The summed E-state index contributed by atoms with van der Waals surface area (Å²) in [5, 5.41) is 0. The van der Waals surface area contributed by atoms with Crippen LogP contribution in [-0.2, 0) is 4.79 Å². The second-order valence-corrected chi connectivity index (χ2v) is 6.99. The summed E-state index contributed by atoms with van der Waals surface area (Å²) in [5.74, 6) is 2.21. The third-order valence-corrected chi connectivity index (χ3v) is 5.25. The van der Waals surface area contributed by atoms with Gasteiger partial charge in [-0.05, 0) is 50.6 Å². The van der Waals surface area contributed by atoms with Crippen LogP contribution in [0.1, 0.15) is 44.0 Å². The topological polar surface area (TPSA) is 49.3 Å². The molecule has 1 aromatic heterocycles. The highest BCUT2D eigenvalue weighted by Gasteiger charge is 2.39. The standard InChI is InChI=1S/C17H24N4O/c22-17(14-3-1-9-20(12-14)11-13-4-5-13)21-10-6-15(21)16-18-7-2-8-19-16/h2,7-8,13-15H,1,3-6,9-12H2/t14?,15-/m0/s1. The van der Waals surface area contributed by atoms with Crippen molar-refractivity contribution in [2.45, 2.75) is 38.1 Å². The van der Waals surface area contributed by atoms with Gasteiger partial charge < -0.3 is 9.80 Å². The number of likely N-dealkylation sites (tertiary alicyclic amines) is 2. The summed E-state index contributed by atoms with van der Waals surface area (Å²) in [7, 11) is 0. The van der Waals surface area contributed by atoms with Crippen molar-refractivity contribution in [1.29, 1.82) is 0 Å². The minimum Gasteiger partial charge on any atom is -0.332 e. The molecule has 2 atom stereocenters. The summed E-state index contributed by atoms with van der Waals surface area (Å²) >= 11 is 0. The molecule has 5 nitrogen and oxygen atoms in total. The largest absolute Gasteiger partial charge is 0.332 e. The number of hydrogen-bond acceptors (Lipinski definition) is 4. The number of carbonyl (C=O) groups is 1. The lowest BCUT2D eigenvalue weighted by Crippen LogP contribution is -2.51. The molecule has 1 aliphatic carbocycles. The molecular weight excluding hydrogens is 276 g/mol. The van der Waals surface area contributed by atoms with Crippen LogP contribution in [0.4, 0.5) is 0 Å². The molecule has 1 aromatic rings. The highest BCUT2D eigenvalue weighted by Crippen LogP contribution is 2.35. The Labute approximate surface area is 131 Å². The first-order valence-corrected chi connectivity index (χ1v) is 8.61. The van der Waals surface area contributed by atoms with Gasteiger partial charge in [0.1, 0.15) is 0 Å². The lowest BCUT2D eigenvalue weighted by Gasteiger charge is -2.43. The van der Waals surface area contributed by atoms with E-state index in [-0.39, 0.29) is 12.0 Å². The molecule has 1 amide bonds. The maximum absolute atomic E-state index is 12.9. The number of piperidine rings is 1. The highest BCUT2D eigenvalue weighted by atomic mass is 16.2. The smallest absolute Gasteiger partial charge is 0.227 e.